The highest BCUT2D eigenvalue weighted by molar-refractivity contribution is 5.89. The van der Waals surface area contributed by atoms with Gasteiger partial charge in [-0.1, -0.05) is 18.2 Å². The molecule has 1 N–H and O–H groups in total. The number of methoxy groups -OCH3 is 1. The number of ether oxygens (including phenoxy) is 1. The first-order chi connectivity index (χ1) is 8.60. The Morgan fingerprint density at radius 3 is 2.56 bits per heavy atom. The van der Waals surface area contributed by atoms with Gasteiger partial charge in [0.2, 0.25) is 0 Å². The van der Waals surface area contributed by atoms with Crippen LogP contribution in [0.5, 0.6) is 5.75 Å². The molecule has 0 aliphatic carbocycles. The van der Waals surface area contributed by atoms with Crippen molar-refractivity contribution in [3.8, 4) is 16.9 Å². The van der Waals surface area contributed by atoms with Gasteiger partial charge in [-0.05, 0) is 47.9 Å². The lowest BCUT2D eigenvalue weighted by Gasteiger charge is -2.07. The fraction of sp³-hybridized carbons (Fsp3) is 0.133. The predicted octanol–water partition coefficient (Wildman–Crippen LogP) is 3.37. The number of aryl methyl sites for hydroxylation is 1. The molecule has 0 spiro atoms. The second-order valence-electron chi connectivity index (χ2n) is 4.12. The fourth-order valence-electron chi connectivity index (χ4n) is 1.88. The molecule has 0 aliphatic rings. The minimum absolute atomic E-state index is 0.299. The highest BCUT2D eigenvalue weighted by Gasteiger charge is 2.07. The van der Waals surface area contributed by atoms with E-state index in [0.717, 1.165) is 22.4 Å². The molecule has 0 amide bonds. The van der Waals surface area contributed by atoms with Crippen LogP contribution in [0.15, 0.2) is 42.5 Å². The van der Waals surface area contributed by atoms with Crippen molar-refractivity contribution in [2.45, 2.75) is 6.92 Å². The number of hydrogen-bond acceptors (Lipinski definition) is 2. The Balaban J connectivity index is 2.52. The van der Waals surface area contributed by atoms with Gasteiger partial charge in [0, 0.05) is 0 Å². The minimum Gasteiger partial charge on any atom is -0.497 e. The second-order valence-corrected chi connectivity index (χ2v) is 4.12. The van der Waals surface area contributed by atoms with Crippen LogP contribution in [0, 0.1) is 6.92 Å². The summed E-state index contributed by atoms with van der Waals surface area (Å²) >= 11 is 0. The first-order valence-corrected chi connectivity index (χ1v) is 5.59. The quantitative estimate of drug-likeness (QED) is 0.897. The average molecular weight is 242 g/mol. The molecule has 18 heavy (non-hydrogen) atoms. The van der Waals surface area contributed by atoms with Crippen molar-refractivity contribution in [3.05, 3.63) is 53.6 Å². The second kappa shape index (κ2) is 4.92. The molecule has 2 aromatic carbocycles. The zero-order chi connectivity index (χ0) is 13.1. The van der Waals surface area contributed by atoms with E-state index in [4.69, 9.17) is 9.84 Å². The van der Waals surface area contributed by atoms with E-state index in [-0.39, 0.29) is 0 Å². The summed E-state index contributed by atoms with van der Waals surface area (Å²) in [5.41, 5.74) is 3.05. The SMILES string of the molecule is COc1cccc(-c2cc(C)cc(C(=O)O)c2)c1. The van der Waals surface area contributed by atoms with Gasteiger partial charge in [-0.3, -0.25) is 0 Å². The van der Waals surface area contributed by atoms with Gasteiger partial charge in [-0.15, -0.1) is 0 Å². The molecule has 0 saturated heterocycles. The van der Waals surface area contributed by atoms with Crippen LogP contribution in [0.4, 0.5) is 0 Å². The molecule has 0 radical (unpaired) electrons. The van der Waals surface area contributed by atoms with Crippen molar-refractivity contribution in [1.29, 1.82) is 0 Å². The number of benzene rings is 2. The van der Waals surface area contributed by atoms with Gasteiger partial charge in [0.15, 0.2) is 0 Å². The standard InChI is InChI=1S/C15H14O3/c1-10-6-12(8-13(7-10)15(16)17)11-4-3-5-14(9-11)18-2/h3-9H,1-2H3,(H,16,17). The summed E-state index contributed by atoms with van der Waals surface area (Å²) in [6.07, 6.45) is 0. The monoisotopic (exact) mass is 242 g/mol. The first kappa shape index (κ1) is 12.2. The Morgan fingerprint density at radius 1 is 1.11 bits per heavy atom. The van der Waals surface area contributed by atoms with Gasteiger partial charge in [0.1, 0.15) is 5.75 Å². The van der Waals surface area contributed by atoms with Crippen LogP contribution in [0.25, 0.3) is 11.1 Å². The lowest BCUT2D eigenvalue weighted by molar-refractivity contribution is 0.0697. The summed E-state index contributed by atoms with van der Waals surface area (Å²) in [7, 11) is 1.61. The number of carboxylic acids is 1. The van der Waals surface area contributed by atoms with Gasteiger partial charge in [-0.25, -0.2) is 4.79 Å². The molecule has 92 valence electrons. The maximum absolute atomic E-state index is 11.0. The van der Waals surface area contributed by atoms with Crippen LogP contribution in [-0.4, -0.2) is 18.2 Å². The predicted molar refractivity (Wildman–Crippen MR) is 70.1 cm³/mol. The maximum atomic E-state index is 11.0. The Morgan fingerprint density at radius 2 is 1.89 bits per heavy atom. The summed E-state index contributed by atoms with van der Waals surface area (Å²) in [5, 5.41) is 9.06. The Labute approximate surface area is 106 Å². The third kappa shape index (κ3) is 2.51. The zero-order valence-corrected chi connectivity index (χ0v) is 10.3. The summed E-state index contributed by atoms with van der Waals surface area (Å²) in [6.45, 7) is 1.89. The molecule has 0 atom stereocenters. The number of aromatic carboxylic acids is 1. The highest BCUT2D eigenvalue weighted by Crippen LogP contribution is 2.25. The van der Waals surface area contributed by atoms with Crippen molar-refractivity contribution in [3.63, 3.8) is 0 Å². The maximum Gasteiger partial charge on any atom is 0.335 e. The van der Waals surface area contributed by atoms with E-state index in [9.17, 15) is 4.79 Å². The molecule has 2 rings (SSSR count). The molecule has 0 aliphatic heterocycles. The number of carbonyl (C=O) groups is 1. The third-order valence-corrected chi connectivity index (χ3v) is 2.73. The molecule has 2 aromatic rings. The fourth-order valence-corrected chi connectivity index (χ4v) is 1.88. The zero-order valence-electron chi connectivity index (χ0n) is 10.3. The van der Waals surface area contributed by atoms with Gasteiger partial charge < -0.3 is 9.84 Å². The first-order valence-electron chi connectivity index (χ1n) is 5.59. The van der Waals surface area contributed by atoms with Crippen LogP contribution in [0.3, 0.4) is 0 Å². The van der Waals surface area contributed by atoms with Crippen LogP contribution in [-0.2, 0) is 0 Å². The summed E-state index contributed by atoms with van der Waals surface area (Å²) < 4.78 is 5.17. The van der Waals surface area contributed by atoms with Crippen LogP contribution in [0.1, 0.15) is 15.9 Å². The van der Waals surface area contributed by atoms with E-state index >= 15 is 0 Å². The van der Waals surface area contributed by atoms with Gasteiger partial charge in [0.05, 0.1) is 12.7 Å². The van der Waals surface area contributed by atoms with E-state index in [0.29, 0.717) is 5.56 Å². The van der Waals surface area contributed by atoms with E-state index in [2.05, 4.69) is 0 Å². The summed E-state index contributed by atoms with van der Waals surface area (Å²) in [6, 6.07) is 12.9. The minimum atomic E-state index is -0.914. The van der Waals surface area contributed by atoms with E-state index in [1.165, 1.54) is 0 Å². The Hall–Kier alpha value is -2.29. The lowest BCUT2D eigenvalue weighted by Crippen LogP contribution is -1.97. The van der Waals surface area contributed by atoms with Crippen LogP contribution >= 0.6 is 0 Å². The van der Waals surface area contributed by atoms with Crippen molar-refractivity contribution in [1.82, 2.24) is 0 Å². The van der Waals surface area contributed by atoms with Gasteiger partial charge >= 0.3 is 5.97 Å². The average Bonchev–Trinajstić information content (AvgIpc) is 2.38. The number of rotatable bonds is 3. The highest BCUT2D eigenvalue weighted by atomic mass is 16.5. The van der Waals surface area contributed by atoms with Crippen molar-refractivity contribution < 1.29 is 14.6 Å². The topological polar surface area (TPSA) is 46.5 Å². The van der Waals surface area contributed by atoms with E-state index in [1.54, 1.807) is 19.2 Å². The van der Waals surface area contributed by atoms with Crippen LogP contribution < -0.4 is 4.74 Å². The van der Waals surface area contributed by atoms with Crippen molar-refractivity contribution >= 4 is 5.97 Å². The Bertz CT molecular complexity index is 588. The molecule has 0 saturated carbocycles. The lowest BCUT2D eigenvalue weighted by atomic mass is 10.00. The van der Waals surface area contributed by atoms with Gasteiger partial charge in [0.25, 0.3) is 0 Å². The summed E-state index contributed by atoms with van der Waals surface area (Å²) in [4.78, 5) is 11.0. The van der Waals surface area contributed by atoms with Crippen LogP contribution in [0.2, 0.25) is 0 Å². The van der Waals surface area contributed by atoms with Crippen molar-refractivity contribution in [2.24, 2.45) is 0 Å². The molecule has 0 fully saturated rings. The molecule has 0 heterocycles. The smallest absolute Gasteiger partial charge is 0.335 e. The molecule has 3 heteroatoms. The molecule has 0 unspecified atom stereocenters. The molecule has 0 aromatic heterocycles. The molecular formula is C15H14O3. The van der Waals surface area contributed by atoms with Gasteiger partial charge in [-0.2, -0.15) is 0 Å². The van der Waals surface area contributed by atoms with E-state index < -0.39 is 5.97 Å². The normalized spacial score (nSPS) is 10.1. The summed E-state index contributed by atoms with van der Waals surface area (Å²) in [5.74, 6) is -0.159. The van der Waals surface area contributed by atoms with Crippen molar-refractivity contribution in [2.75, 3.05) is 7.11 Å². The van der Waals surface area contributed by atoms with E-state index in [1.807, 2.05) is 37.3 Å². The molecule has 3 nitrogen and oxygen atoms in total. The number of hydrogen-bond donors (Lipinski definition) is 1. The molecule has 0 bridgehead atoms. The third-order valence-electron chi connectivity index (χ3n) is 2.73. The molecular weight excluding hydrogens is 228 g/mol. The number of carboxylic acid groups (broad SMARTS) is 1. The Kier molecular flexibility index (Phi) is 3.33. The largest absolute Gasteiger partial charge is 0.497 e.